The first-order valence-corrected chi connectivity index (χ1v) is 14.4. The van der Waals surface area contributed by atoms with E-state index in [1.54, 1.807) is 77.1 Å². The van der Waals surface area contributed by atoms with Gasteiger partial charge < -0.3 is 35.8 Å². The van der Waals surface area contributed by atoms with Gasteiger partial charge in [-0.15, -0.1) is 0 Å². The van der Waals surface area contributed by atoms with Crippen molar-refractivity contribution in [1.29, 1.82) is 0 Å². The fourth-order valence-electron chi connectivity index (χ4n) is 4.55. The average molecular weight is 599 g/mol. The van der Waals surface area contributed by atoms with E-state index in [1.807, 2.05) is 13.8 Å². The van der Waals surface area contributed by atoms with Crippen molar-refractivity contribution in [2.75, 3.05) is 12.4 Å². The van der Waals surface area contributed by atoms with Crippen LogP contribution in [0.25, 0.3) is 0 Å². The minimum atomic E-state index is -1.43. The Morgan fingerprint density at radius 1 is 1.00 bits per heavy atom. The highest BCUT2D eigenvalue weighted by Crippen LogP contribution is 2.35. The van der Waals surface area contributed by atoms with Gasteiger partial charge in [0.15, 0.2) is 0 Å². The topological polar surface area (TPSA) is 160 Å². The lowest BCUT2D eigenvalue weighted by molar-refractivity contribution is -0.144. The number of methoxy groups -OCH3 is 1. The van der Waals surface area contributed by atoms with Crippen molar-refractivity contribution in [1.82, 2.24) is 10.2 Å². The van der Waals surface area contributed by atoms with Crippen LogP contribution >= 0.6 is 0 Å². The summed E-state index contributed by atoms with van der Waals surface area (Å²) < 4.78 is 10.5. The second-order valence-electron chi connectivity index (χ2n) is 12.1. The van der Waals surface area contributed by atoms with Crippen molar-refractivity contribution in [3.05, 3.63) is 53.6 Å². The molecule has 11 nitrogen and oxygen atoms in total. The zero-order valence-corrected chi connectivity index (χ0v) is 26.4. The molecule has 0 bridgehead atoms. The third kappa shape index (κ3) is 10.5. The predicted octanol–water partition coefficient (Wildman–Crippen LogP) is 4.81. The number of nitrogens with one attached hydrogen (secondary N) is 2. The molecule has 2 rings (SSSR count). The molecule has 2 aromatic rings. The van der Waals surface area contributed by atoms with E-state index in [9.17, 15) is 24.3 Å². The molecule has 0 saturated heterocycles. The molecule has 0 fully saturated rings. The van der Waals surface area contributed by atoms with Gasteiger partial charge in [0, 0.05) is 17.3 Å². The molecule has 236 valence electrons. The van der Waals surface area contributed by atoms with Gasteiger partial charge in [0.25, 0.3) is 5.91 Å². The molecular formula is C32H46N4O7. The maximum atomic E-state index is 14.4. The van der Waals surface area contributed by atoms with Gasteiger partial charge in [0.05, 0.1) is 13.5 Å². The average Bonchev–Trinajstić information content (AvgIpc) is 2.90. The van der Waals surface area contributed by atoms with Crippen LogP contribution in [-0.2, 0) is 19.1 Å². The molecule has 4 amide bonds. The molecule has 43 heavy (non-hydrogen) atoms. The number of amides is 4. The summed E-state index contributed by atoms with van der Waals surface area (Å²) in [5.41, 5.74) is 5.75. The van der Waals surface area contributed by atoms with E-state index in [-0.39, 0.29) is 11.3 Å². The van der Waals surface area contributed by atoms with Crippen LogP contribution in [0.1, 0.15) is 78.0 Å². The lowest BCUT2D eigenvalue weighted by Crippen LogP contribution is -2.55. The molecule has 0 aliphatic heterocycles. The smallest absolute Gasteiger partial charge is 0.408 e. The van der Waals surface area contributed by atoms with Crippen LogP contribution in [0.15, 0.2) is 42.5 Å². The second kappa shape index (κ2) is 15.3. The number of ether oxygens (including phenoxy) is 2. The molecule has 0 saturated carbocycles. The van der Waals surface area contributed by atoms with Crippen molar-refractivity contribution in [3.63, 3.8) is 0 Å². The number of aromatic hydroxyl groups is 1. The normalized spacial score (nSPS) is 13.4. The number of hydrogen-bond donors (Lipinski definition) is 4. The maximum absolute atomic E-state index is 14.4. The summed E-state index contributed by atoms with van der Waals surface area (Å²) in [4.78, 5) is 54.7. The van der Waals surface area contributed by atoms with Crippen LogP contribution in [0, 0.1) is 12.8 Å². The third-order valence-electron chi connectivity index (χ3n) is 6.73. The third-order valence-corrected chi connectivity index (χ3v) is 6.73. The highest BCUT2D eigenvalue weighted by molar-refractivity contribution is 6.00. The summed E-state index contributed by atoms with van der Waals surface area (Å²) in [6.07, 6.45) is -0.229. The van der Waals surface area contributed by atoms with Gasteiger partial charge in [-0.05, 0) is 83.2 Å². The summed E-state index contributed by atoms with van der Waals surface area (Å²) in [6.45, 7) is 12.5. The number of hydrogen-bond acceptors (Lipinski definition) is 7. The van der Waals surface area contributed by atoms with E-state index in [0.29, 0.717) is 29.3 Å². The number of benzene rings is 2. The number of nitrogens with zero attached hydrogens (tertiary/aromatic N) is 1. The number of rotatable bonds is 13. The van der Waals surface area contributed by atoms with Gasteiger partial charge in [-0.3, -0.25) is 14.4 Å². The molecule has 0 aliphatic rings. The molecule has 0 spiro atoms. The fourth-order valence-corrected chi connectivity index (χ4v) is 4.55. The molecule has 11 heteroatoms. The Hall–Kier alpha value is -4.28. The van der Waals surface area contributed by atoms with Crippen molar-refractivity contribution >= 4 is 29.5 Å². The van der Waals surface area contributed by atoms with Crippen LogP contribution in [0.3, 0.4) is 0 Å². The number of aryl methyl sites for hydroxylation is 1. The molecule has 3 unspecified atom stereocenters. The van der Waals surface area contributed by atoms with Crippen LogP contribution in [-0.4, -0.2) is 58.6 Å². The molecule has 0 radical (unpaired) electrons. The second-order valence-corrected chi connectivity index (χ2v) is 12.1. The van der Waals surface area contributed by atoms with Crippen molar-refractivity contribution in [2.45, 2.75) is 91.5 Å². The number of primary amides is 1. The van der Waals surface area contributed by atoms with Gasteiger partial charge in [-0.25, -0.2) is 4.79 Å². The number of phenols is 1. The van der Waals surface area contributed by atoms with Crippen molar-refractivity contribution < 1.29 is 33.8 Å². The van der Waals surface area contributed by atoms with Gasteiger partial charge in [-0.1, -0.05) is 32.0 Å². The summed E-state index contributed by atoms with van der Waals surface area (Å²) >= 11 is 0. The molecule has 3 atom stereocenters. The fraction of sp³-hybridized carbons (Fsp3) is 0.500. The number of nitrogens with two attached hydrogens (primary N) is 1. The minimum absolute atomic E-state index is 0.155. The summed E-state index contributed by atoms with van der Waals surface area (Å²) in [7, 11) is 1.53. The van der Waals surface area contributed by atoms with Gasteiger partial charge in [-0.2, -0.15) is 0 Å². The number of carbonyl (C=O) groups excluding carboxylic acids is 4. The molecule has 2 aromatic carbocycles. The monoisotopic (exact) mass is 598 g/mol. The van der Waals surface area contributed by atoms with E-state index >= 15 is 0 Å². The molecule has 0 aromatic heterocycles. The highest BCUT2D eigenvalue weighted by Gasteiger charge is 2.40. The zero-order valence-electron chi connectivity index (χ0n) is 26.4. The Bertz CT molecular complexity index is 1270. The van der Waals surface area contributed by atoms with Gasteiger partial charge >= 0.3 is 6.09 Å². The van der Waals surface area contributed by atoms with Crippen LogP contribution < -0.4 is 21.1 Å². The quantitative estimate of drug-likeness (QED) is 0.257. The SMILES string of the molecule is COc1ccc(NC(=O)C(c2cccc(C)c2O)N(C(=O)C(CC(N)=O)NC(=O)OC(C)(C)C)C(C)CCC(C)C)cc1. The summed E-state index contributed by atoms with van der Waals surface area (Å²) in [5, 5.41) is 16.5. The minimum Gasteiger partial charge on any atom is -0.507 e. The standard InChI is InChI=1S/C32H46N4O7/c1-19(2)12-13-21(4)36(30(40)25(18-26(33)37)35-31(41)43-32(5,6)7)27(24-11-9-10-20(3)28(24)38)29(39)34-22-14-16-23(42-8)17-15-22/h9-11,14-17,19,21,25,27,38H,12-13,18H2,1-8H3,(H2,33,37)(H,34,39)(H,35,41). The van der Waals surface area contributed by atoms with E-state index in [0.717, 1.165) is 6.42 Å². The first-order chi connectivity index (χ1) is 20.0. The van der Waals surface area contributed by atoms with Crippen molar-refractivity contribution in [2.24, 2.45) is 11.7 Å². The molecule has 0 aliphatic carbocycles. The summed E-state index contributed by atoms with van der Waals surface area (Å²) in [5.74, 6) is -1.44. The largest absolute Gasteiger partial charge is 0.507 e. The number of anilines is 1. The van der Waals surface area contributed by atoms with Gasteiger partial charge in [0.1, 0.15) is 29.2 Å². The van der Waals surface area contributed by atoms with Gasteiger partial charge in [0.2, 0.25) is 11.8 Å². The number of carbonyl (C=O) groups is 4. The Balaban J connectivity index is 2.69. The summed E-state index contributed by atoms with van der Waals surface area (Å²) in [6, 6.07) is 8.26. The van der Waals surface area contributed by atoms with E-state index in [1.165, 1.54) is 12.0 Å². The lowest BCUT2D eigenvalue weighted by atomic mass is 9.95. The van der Waals surface area contributed by atoms with Crippen LogP contribution in [0.5, 0.6) is 11.5 Å². The predicted molar refractivity (Wildman–Crippen MR) is 165 cm³/mol. The Morgan fingerprint density at radius 3 is 2.16 bits per heavy atom. The Morgan fingerprint density at radius 2 is 1.63 bits per heavy atom. The number of phenolic OH excluding ortho intramolecular Hbond substituents is 1. The number of para-hydroxylation sites is 1. The van der Waals surface area contributed by atoms with Crippen molar-refractivity contribution in [3.8, 4) is 11.5 Å². The Kier molecular flexibility index (Phi) is 12.4. The van der Waals surface area contributed by atoms with Crippen LogP contribution in [0.2, 0.25) is 0 Å². The zero-order chi connectivity index (χ0) is 32.5. The first-order valence-electron chi connectivity index (χ1n) is 14.4. The molecule has 0 heterocycles. The molecule has 5 N–H and O–H groups in total. The van der Waals surface area contributed by atoms with E-state index in [4.69, 9.17) is 15.2 Å². The highest BCUT2D eigenvalue weighted by atomic mass is 16.6. The maximum Gasteiger partial charge on any atom is 0.408 e. The number of alkyl carbamates (subject to hydrolysis) is 1. The van der Waals surface area contributed by atoms with E-state index < -0.39 is 54.0 Å². The van der Waals surface area contributed by atoms with Crippen LogP contribution in [0.4, 0.5) is 10.5 Å². The lowest BCUT2D eigenvalue weighted by Gasteiger charge is -2.39. The first kappa shape index (κ1) is 34.9. The molecular weight excluding hydrogens is 552 g/mol. The Labute approximate surface area is 254 Å². The van der Waals surface area contributed by atoms with E-state index in [2.05, 4.69) is 10.6 Å².